The van der Waals surface area contributed by atoms with Gasteiger partial charge in [0.25, 0.3) is 0 Å². The Labute approximate surface area is 123 Å². The lowest BCUT2D eigenvalue weighted by molar-refractivity contribution is -0.119. The highest BCUT2D eigenvalue weighted by atomic mass is 19.1. The van der Waals surface area contributed by atoms with E-state index in [1.165, 1.54) is 20.1 Å². The molecule has 114 valence electrons. The standard InChI is InChI=1S/C16H21FN2O2/c1-9(2)12(7-18-10(3)20)13-8-19-15-6-14(17)16(21-4)5-11(13)15/h5-6,8-9,12,19H,7H2,1-4H3,(H,18,20). The minimum absolute atomic E-state index is 0.0517. The number of benzene rings is 1. The largest absolute Gasteiger partial charge is 0.494 e. The predicted molar refractivity (Wildman–Crippen MR) is 81.1 cm³/mol. The van der Waals surface area contributed by atoms with Crippen molar-refractivity contribution in [1.29, 1.82) is 0 Å². The number of halogens is 1. The van der Waals surface area contributed by atoms with Gasteiger partial charge in [0, 0.05) is 42.6 Å². The van der Waals surface area contributed by atoms with Crippen molar-refractivity contribution in [2.24, 2.45) is 5.92 Å². The highest BCUT2D eigenvalue weighted by Gasteiger charge is 2.21. The molecule has 0 saturated carbocycles. The first-order valence-electron chi connectivity index (χ1n) is 7.03. The highest BCUT2D eigenvalue weighted by molar-refractivity contribution is 5.85. The Morgan fingerprint density at radius 1 is 1.43 bits per heavy atom. The fraction of sp³-hybridized carbons (Fsp3) is 0.438. The Balaban J connectivity index is 2.45. The number of aromatic nitrogens is 1. The zero-order chi connectivity index (χ0) is 15.6. The fourth-order valence-electron chi connectivity index (χ4n) is 2.57. The molecular weight excluding hydrogens is 271 g/mol. The van der Waals surface area contributed by atoms with Crippen LogP contribution in [0.3, 0.4) is 0 Å². The van der Waals surface area contributed by atoms with Gasteiger partial charge in [0.1, 0.15) is 0 Å². The first kappa shape index (κ1) is 15.4. The maximum atomic E-state index is 13.7. The summed E-state index contributed by atoms with van der Waals surface area (Å²) in [5.41, 5.74) is 1.80. The Kier molecular flexibility index (Phi) is 4.50. The van der Waals surface area contributed by atoms with Gasteiger partial charge in [0.15, 0.2) is 11.6 Å². The smallest absolute Gasteiger partial charge is 0.216 e. The van der Waals surface area contributed by atoms with Crippen molar-refractivity contribution >= 4 is 16.8 Å². The number of aromatic amines is 1. The number of methoxy groups -OCH3 is 1. The van der Waals surface area contributed by atoms with Crippen LogP contribution in [0.15, 0.2) is 18.3 Å². The second kappa shape index (κ2) is 6.16. The molecule has 0 spiro atoms. The summed E-state index contributed by atoms with van der Waals surface area (Å²) in [5, 5.41) is 3.79. The fourth-order valence-corrected chi connectivity index (χ4v) is 2.57. The zero-order valence-electron chi connectivity index (χ0n) is 12.8. The molecule has 1 atom stereocenters. The lowest BCUT2D eigenvalue weighted by atomic mass is 9.88. The summed E-state index contributed by atoms with van der Waals surface area (Å²) in [4.78, 5) is 14.3. The van der Waals surface area contributed by atoms with Gasteiger partial charge in [-0.25, -0.2) is 4.39 Å². The summed E-state index contributed by atoms with van der Waals surface area (Å²) in [7, 11) is 1.45. The molecule has 0 fully saturated rings. The van der Waals surface area contributed by atoms with Gasteiger partial charge in [0.05, 0.1) is 7.11 Å². The van der Waals surface area contributed by atoms with Crippen molar-refractivity contribution in [1.82, 2.24) is 10.3 Å². The van der Waals surface area contributed by atoms with E-state index >= 15 is 0 Å². The van der Waals surface area contributed by atoms with Gasteiger partial charge in [-0.3, -0.25) is 4.79 Å². The summed E-state index contributed by atoms with van der Waals surface area (Å²) in [6.45, 7) is 6.27. The zero-order valence-corrected chi connectivity index (χ0v) is 12.8. The second-order valence-electron chi connectivity index (χ2n) is 5.56. The van der Waals surface area contributed by atoms with E-state index in [1.807, 2.05) is 6.20 Å². The lowest BCUT2D eigenvalue weighted by Gasteiger charge is -2.21. The third kappa shape index (κ3) is 3.17. The molecule has 1 unspecified atom stereocenters. The molecule has 2 aromatic rings. The van der Waals surface area contributed by atoms with E-state index in [-0.39, 0.29) is 23.4 Å². The number of H-pyrrole nitrogens is 1. The number of fused-ring (bicyclic) bond motifs is 1. The van der Waals surface area contributed by atoms with E-state index in [0.717, 1.165) is 16.5 Å². The molecule has 1 aromatic heterocycles. The molecule has 0 aliphatic rings. The number of hydrogen-bond donors (Lipinski definition) is 2. The van der Waals surface area contributed by atoms with Crippen molar-refractivity contribution in [2.75, 3.05) is 13.7 Å². The number of carbonyl (C=O) groups excluding carboxylic acids is 1. The Morgan fingerprint density at radius 2 is 2.14 bits per heavy atom. The Bertz CT molecular complexity index is 649. The summed E-state index contributed by atoms with van der Waals surface area (Å²) in [6, 6.07) is 3.15. The summed E-state index contributed by atoms with van der Waals surface area (Å²) in [5.74, 6) is 0.278. The minimum atomic E-state index is -0.388. The third-order valence-electron chi connectivity index (χ3n) is 3.76. The maximum Gasteiger partial charge on any atom is 0.216 e. The van der Waals surface area contributed by atoms with Gasteiger partial charge < -0.3 is 15.0 Å². The monoisotopic (exact) mass is 292 g/mol. The van der Waals surface area contributed by atoms with Crippen molar-refractivity contribution in [3.63, 3.8) is 0 Å². The van der Waals surface area contributed by atoms with Crippen molar-refractivity contribution in [3.8, 4) is 5.75 Å². The molecule has 0 saturated heterocycles. The summed E-state index contributed by atoms with van der Waals surface area (Å²) >= 11 is 0. The van der Waals surface area contributed by atoms with Crippen LogP contribution >= 0.6 is 0 Å². The van der Waals surface area contributed by atoms with Gasteiger partial charge in [-0.2, -0.15) is 0 Å². The average Bonchev–Trinajstić information content (AvgIpc) is 2.80. The number of ether oxygens (including phenoxy) is 1. The first-order valence-corrected chi connectivity index (χ1v) is 7.03. The maximum absolute atomic E-state index is 13.7. The number of amides is 1. The number of rotatable bonds is 5. The van der Waals surface area contributed by atoms with Crippen LogP contribution in [0, 0.1) is 11.7 Å². The molecule has 5 heteroatoms. The summed E-state index contributed by atoms with van der Waals surface area (Å²) < 4.78 is 18.8. The van der Waals surface area contributed by atoms with E-state index in [4.69, 9.17) is 4.74 Å². The van der Waals surface area contributed by atoms with Crippen LogP contribution in [0.25, 0.3) is 10.9 Å². The highest BCUT2D eigenvalue weighted by Crippen LogP contribution is 2.33. The molecule has 0 radical (unpaired) electrons. The van der Waals surface area contributed by atoms with E-state index in [0.29, 0.717) is 12.5 Å². The molecule has 4 nitrogen and oxygen atoms in total. The van der Waals surface area contributed by atoms with E-state index in [9.17, 15) is 9.18 Å². The van der Waals surface area contributed by atoms with E-state index in [2.05, 4.69) is 24.1 Å². The van der Waals surface area contributed by atoms with Gasteiger partial charge in [0.2, 0.25) is 5.91 Å². The van der Waals surface area contributed by atoms with Crippen LogP contribution in [-0.4, -0.2) is 24.5 Å². The molecule has 0 aliphatic heterocycles. The summed E-state index contributed by atoms with van der Waals surface area (Å²) in [6.07, 6.45) is 1.88. The van der Waals surface area contributed by atoms with Crippen molar-refractivity contribution in [3.05, 3.63) is 29.7 Å². The Hall–Kier alpha value is -2.04. The van der Waals surface area contributed by atoms with E-state index < -0.39 is 0 Å². The SMILES string of the molecule is COc1cc2c(C(CNC(C)=O)C(C)C)c[nH]c2cc1F. The molecule has 1 heterocycles. The van der Waals surface area contributed by atoms with Crippen LogP contribution < -0.4 is 10.1 Å². The van der Waals surface area contributed by atoms with Crippen LogP contribution in [0.2, 0.25) is 0 Å². The van der Waals surface area contributed by atoms with Crippen molar-refractivity contribution in [2.45, 2.75) is 26.7 Å². The topological polar surface area (TPSA) is 54.1 Å². The molecule has 1 aromatic carbocycles. The van der Waals surface area contributed by atoms with Gasteiger partial charge in [-0.05, 0) is 17.5 Å². The Morgan fingerprint density at radius 3 is 2.71 bits per heavy atom. The first-order chi connectivity index (χ1) is 9.93. The third-order valence-corrected chi connectivity index (χ3v) is 3.76. The lowest BCUT2D eigenvalue weighted by Crippen LogP contribution is -2.28. The van der Waals surface area contributed by atoms with Crippen molar-refractivity contribution < 1.29 is 13.9 Å². The van der Waals surface area contributed by atoms with Crippen LogP contribution in [0.1, 0.15) is 32.3 Å². The quantitative estimate of drug-likeness (QED) is 0.889. The molecular formula is C16H21FN2O2. The van der Waals surface area contributed by atoms with Crippen LogP contribution in [0.4, 0.5) is 4.39 Å². The molecule has 21 heavy (non-hydrogen) atoms. The number of carbonyl (C=O) groups is 1. The molecule has 0 bridgehead atoms. The average molecular weight is 292 g/mol. The van der Waals surface area contributed by atoms with Gasteiger partial charge in [-0.15, -0.1) is 0 Å². The molecule has 1 amide bonds. The predicted octanol–water partition coefficient (Wildman–Crippen LogP) is 3.19. The van der Waals surface area contributed by atoms with E-state index in [1.54, 1.807) is 6.07 Å². The van der Waals surface area contributed by atoms with Gasteiger partial charge in [-0.1, -0.05) is 13.8 Å². The molecule has 0 aliphatic carbocycles. The van der Waals surface area contributed by atoms with Gasteiger partial charge >= 0.3 is 0 Å². The molecule has 2 N–H and O–H groups in total. The molecule has 2 rings (SSSR count). The number of hydrogen-bond acceptors (Lipinski definition) is 2. The van der Waals surface area contributed by atoms with Crippen LogP contribution in [0.5, 0.6) is 5.75 Å². The normalized spacial score (nSPS) is 12.7. The minimum Gasteiger partial charge on any atom is -0.494 e. The number of nitrogens with one attached hydrogen (secondary N) is 2. The van der Waals surface area contributed by atoms with Crippen LogP contribution in [-0.2, 0) is 4.79 Å². The second-order valence-corrected chi connectivity index (χ2v) is 5.56.